The van der Waals surface area contributed by atoms with E-state index < -0.39 is 0 Å². The fourth-order valence-corrected chi connectivity index (χ4v) is 3.37. The topological polar surface area (TPSA) is 17.1 Å². The Morgan fingerprint density at radius 1 is 0.958 bits per heavy atom. The number of thioether (sulfide) groups is 1. The van der Waals surface area contributed by atoms with Crippen molar-refractivity contribution >= 4 is 17.5 Å². The van der Waals surface area contributed by atoms with Crippen LogP contribution in [0.25, 0.3) is 0 Å². The fraction of sp³-hybridized carbons (Fsp3) is 0.409. The van der Waals surface area contributed by atoms with E-state index in [9.17, 15) is 4.79 Å². The highest BCUT2D eigenvalue weighted by atomic mass is 32.2. The molecule has 24 heavy (non-hydrogen) atoms. The first-order chi connectivity index (χ1) is 11.4. The van der Waals surface area contributed by atoms with Gasteiger partial charge in [-0.2, -0.15) is 0 Å². The van der Waals surface area contributed by atoms with Crippen LogP contribution in [-0.4, -0.2) is 11.0 Å². The molecule has 2 heteroatoms. The molecule has 0 heterocycles. The van der Waals surface area contributed by atoms with E-state index in [1.807, 2.05) is 36.0 Å². The third kappa shape index (κ3) is 4.51. The molecule has 0 spiro atoms. The molecule has 1 unspecified atom stereocenters. The van der Waals surface area contributed by atoms with Crippen LogP contribution in [0.5, 0.6) is 0 Å². The first kappa shape index (κ1) is 18.8. The van der Waals surface area contributed by atoms with Crippen molar-refractivity contribution in [3.8, 4) is 0 Å². The lowest BCUT2D eigenvalue weighted by Crippen LogP contribution is -2.15. The van der Waals surface area contributed by atoms with Gasteiger partial charge < -0.3 is 0 Å². The van der Waals surface area contributed by atoms with Crippen molar-refractivity contribution < 1.29 is 4.79 Å². The monoisotopic (exact) mass is 340 g/mol. The molecule has 1 nitrogen and oxygen atoms in total. The van der Waals surface area contributed by atoms with E-state index in [1.54, 1.807) is 0 Å². The van der Waals surface area contributed by atoms with E-state index in [0.29, 0.717) is 5.25 Å². The summed E-state index contributed by atoms with van der Waals surface area (Å²) in [6.45, 7) is 11.1. The number of benzene rings is 2. The predicted molar refractivity (Wildman–Crippen MR) is 105 cm³/mol. The van der Waals surface area contributed by atoms with Crippen molar-refractivity contribution in [2.75, 3.05) is 0 Å². The average Bonchev–Trinajstić information content (AvgIpc) is 2.61. The number of carbonyl (C=O) groups excluding carboxylic acids is 1. The quantitative estimate of drug-likeness (QED) is 0.423. The molecule has 0 saturated heterocycles. The molecule has 1 atom stereocenters. The average molecular weight is 341 g/mol. The molecule has 0 saturated carbocycles. The van der Waals surface area contributed by atoms with Crippen LogP contribution in [0.1, 0.15) is 68.9 Å². The predicted octanol–water partition coefficient (Wildman–Crippen LogP) is 6.50. The first-order valence-corrected chi connectivity index (χ1v) is 9.67. The molecule has 128 valence electrons. The summed E-state index contributed by atoms with van der Waals surface area (Å²) in [6.07, 6.45) is 2.22. The standard InChI is InChI=1S/C22H28OS/c1-6-16(3)24-20-14-10-18(11-15-20)21(23)17-8-12-19(13-9-17)22(4,5)7-2/h8-16H,6-7H2,1-5H3. The van der Waals surface area contributed by atoms with Crippen LogP contribution in [0.15, 0.2) is 53.4 Å². The Kier molecular flexibility index (Phi) is 6.28. The van der Waals surface area contributed by atoms with Crippen LogP contribution < -0.4 is 0 Å². The van der Waals surface area contributed by atoms with Crippen LogP contribution in [0.2, 0.25) is 0 Å². The van der Waals surface area contributed by atoms with Gasteiger partial charge in [-0.05, 0) is 48.1 Å². The summed E-state index contributed by atoms with van der Waals surface area (Å²) in [4.78, 5) is 13.9. The Morgan fingerprint density at radius 3 is 1.92 bits per heavy atom. The van der Waals surface area contributed by atoms with Crippen LogP contribution in [0, 0.1) is 0 Å². The fourth-order valence-electron chi connectivity index (χ4n) is 2.44. The zero-order valence-corrected chi connectivity index (χ0v) is 16.2. The zero-order valence-electron chi connectivity index (χ0n) is 15.4. The Bertz CT molecular complexity index is 668. The van der Waals surface area contributed by atoms with Gasteiger partial charge in [0, 0.05) is 21.3 Å². The summed E-state index contributed by atoms with van der Waals surface area (Å²) in [6, 6.07) is 16.1. The van der Waals surface area contributed by atoms with Crippen LogP contribution in [0.3, 0.4) is 0 Å². The number of rotatable bonds is 7. The minimum absolute atomic E-state index is 0.0935. The summed E-state index contributed by atoms with van der Waals surface area (Å²) in [5.41, 5.74) is 2.94. The maximum absolute atomic E-state index is 12.7. The molecule has 2 aromatic carbocycles. The molecule has 2 rings (SSSR count). The maximum atomic E-state index is 12.7. The highest BCUT2D eigenvalue weighted by Gasteiger charge is 2.18. The van der Waals surface area contributed by atoms with Gasteiger partial charge in [0.15, 0.2) is 5.78 Å². The Hall–Kier alpha value is -1.54. The van der Waals surface area contributed by atoms with Crippen LogP contribution >= 0.6 is 11.8 Å². The summed E-state index contributed by atoms with van der Waals surface area (Å²) in [5.74, 6) is 0.0935. The van der Waals surface area contributed by atoms with Crippen LogP contribution in [0.4, 0.5) is 0 Å². The lowest BCUT2D eigenvalue weighted by molar-refractivity contribution is 0.103. The zero-order chi connectivity index (χ0) is 17.7. The van der Waals surface area contributed by atoms with E-state index in [-0.39, 0.29) is 11.2 Å². The van der Waals surface area contributed by atoms with Crippen molar-refractivity contribution in [3.05, 3.63) is 65.2 Å². The van der Waals surface area contributed by atoms with E-state index in [1.165, 1.54) is 10.5 Å². The molecule has 0 aromatic heterocycles. The van der Waals surface area contributed by atoms with Gasteiger partial charge in [0.2, 0.25) is 0 Å². The second-order valence-electron chi connectivity index (χ2n) is 7.01. The number of hydrogen-bond donors (Lipinski definition) is 0. The van der Waals surface area contributed by atoms with Crippen molar-refractivity contribution in [2.45, 2.75) is 63.0 Å². The molecule has 0 radical (unpaired) electrons. The van der Waals surface area contributed by atoms with Crippen molar-refractivity contribution in [1.29, 1.82) is 0 Å². The normalized spacial score (nSPS) is 12.9. The molecule has 0 N–H and O–H groups in total. The lowest BCUT2D eigenvalue weighted by atomic mass is 9.82. The molecular weight excluding hydrogens is 312 g/mol. The third-order valence-electron chi connectivity index (χ3n) is 4.84. The second-order valence-corrected chi connectivity index (χ2v) is 8.52. The molecule has 0 bridgehead atoms. The minimum Gasteiger partial charge on any atom is -0.289 e. The van der Waals surface area contributed by atoms with Gasteiger partial charge in [-0.3, -0.25) is 4.79 Å². The Balaban J connectivity index is 2.14. The Labute approximate surface area is 150 Å². The van der Waals surface area contributed by atoms with Crippen molar-refractivity contribution in [2.24, 2.45) is 0 Å². The van der Waals surface area contributed by atoms with E-state index in [2.05, 4.69) is 58.9 Å². The van der Waals surface area contributed by atoms with E-state index >= 15 is 0 Å². The third-order valence-corrected chi connectivity index (χ3v) is 6.12. The highest BCUT2D eigenvalue weighted by molar-refractivity contribution is 7.99. The number of carbonyl (C=O) groups is 1. The van der Waals surface area contributed by atoms with Gasteiger partial charge >= 0.3 is 0 Å². The maximum Gasteiger partial charge on any atom is 0.193 e. The van der Waals surface area contributed by atoms with Gasteiger partial charge in [-0.15, -0.1) is 11.8 Å². The highest BCUT2D eigenvalue weighted by Crippen LogP contribution is 2.28. The first-order valence-electron chi connectivity index (χ1n) is 8.79. The molecule has 0 aliphatic carbocycles. The SMILES string of the molecule is CCC(C)Sc1ccc(C(=O)c2ccc(C(C)(C)CC)cc2)cc1. The molecule has 0 amide bonds. The largest absolute Gasteiger partial charge is 0.289 e. The minimum atomic E-state index is 0.0935. The molecule has 0 fully saturated rings. The van der Waals surface area contributed by atoms with Gasteiger partial charge in [0.05, 0.1) is 0 Å². The van der Waals surface area contributed by atoms with Gasteiger partial charge in [0.1, 0.15) is 0 Å². The second kappa shape index (κ2) is 8.02. The van der Waals surface area contributed by atoms with Gasteiger partial charge in [-0.1, -0.05) is 58.9 Å². The summed E-state index contributed by atoms with van der Waals surface area (Å²) in [5, 5.41) is 0.598. The van der Waals surface area contributed by atoms with Gasteiger partial charge in [-0.25, -0.2) is 0 Å². The number of hydrogen-bond acceptors (Lipinski definition) is 2. The molecule has 2 aromatic rings. The van der Waals surface area contributed by atoms with Gasteiger partial charge in [0.25, 0.3) is 0 Å². The van der Waals surface area contributed by atoms with Crippen LogP contribution in [-0.2, 0) is 5.41 Å². The number of ketones is 1. The van der Waals surface area contributed by atoms with E-state index in [0.717, 1.165) is 24.0 Å². The Morgan fingerprint density at radius 2 is 1.46 bits per heavy atom. The summed E-state index contributed by atoms with van der Waals surface area (Å²) in [7, 11) is 0. The molecule has 0 aliphatic rings. The molecular formula is C22H28OS. The van der Waals surface area contributed by atoms with Crippen molar-refractivity contribution in [1.82, 2.24) is 0 Å². The summed E-state index contributed by atoms with van der Waals surface area (Å²) < 4.78 is 0. The van der Waals surface area contributed by atoms with Crippen molar-refractivity contribution in [3.63, 3.8) is 0 Å². The lowest BCUT2D eigenvalue weighted by Gasteiger charge is -2.23. The summed E-state index contributed by atoms with van der Waals surface area (Å²) >= 11 is 1.86. The van der Waals surface area contributed by atoms with E-state index in [4.69, 9.17) is 0 Å². The smallest absolute Gasteiger partial charge is 0.193 e. The molecule has 0 aliphatic heterocycles.